The summed E-state index contributed by atoms with van der Waals surface area (Å²) in [5.74, 6) is 3.76. The van der Waals surface area contributed by atoms with E-state index >= 15 is 0 Å². The number of nitrogens with one attached hydrogen (secondary N) is 1. The van der Waals surface area contributed by atoms with Gasteiger partial charge in [0.25, 0.3) is 0 Å². The number of hydrogen-bond donors (Lipinski definition) is 1. The molecule has 1 aliphatic heterocycles. The summed E-state index contributed by atoms with van der Waals surface area (Å²) in [4.78, 5) is 18.6. The van der Waals surface area contributed by atoms with E-state index in [1.807, 2.05) is 7.11 Å². The lowest BCUT2D eigenvalue weighted by Gasteiger charge is -2.61. The number of carbonyl (C=O) groups is 1. The zero-order valence-corrected chi connectivity index (χ0v) is 19.1. The Bertz CT molecular complexity index is 703. The molecule has 4 saturated carbocycles. The Morgan fingerprint density at radius 2 is 1.97 bits per heavy atom. The molecule has 8 atom stereocenters. The third-order valence-corrected chi connectivity index (χ3v) is 10.1. The predicted octanol–water partition coefficient (Wildman–Crippen LogP) is 4.21. The predicted molar refractivity (Wildman–Crippen MR) is 117 cm³/mol. The molecule has 5 fully saturated rings. The van der Waals surface area contributed by atoms with E-state index in [0.29, 0.717) is 34.9 Å². The highest BCUT2D eigenvalue weighted by Gasteiger charge is 2.62. The van der Waals surface area contributed by atoms with Crippen LogP contribution in [0.5, 0.6) is 0 Å². The molecule has 30 heavy (non-hydrogen) atoms. The second kappa shape index (κ2) is 7.88. The van der Waals surface area contributed by atoms with Crippen LogP contribution in [0.2, 0.25) is 0 Å². The van der Waals surface area contributed by atoms with Crippen LogP contribution in [0.15, 0.2) is 5.16 Å². The van der Waals surface area contributed by atoms with Gasteiger partial charge in [-0.25, -0.2) is 0 Å². The number of fused-ring (bicyclic) bond motifs is 5. The molecule has 0 aromatic rings. The number of methoxy groups -OCH3 is 1. The van der Waals surface area contributed by atoms with Crippen LogP contribution in [-0.4, -0.2) is 44.4 Å². The number of Topliss-reactive ketones (excluding diaryl/α,β-unsaturated/α-hetero) is 1. The number of rotatable bonds is 4. The fourth-order valence-electron chi connectivity index (χ4n) is 8.42. The molecule has 5 rings (SSSR count). The number of carbonyl (C=O) groups excluding carboxylic acids is 1. The van der Waals surface area contributed by atoms with Crippen LogP contribution >= 0.6 is 0 Å². The number of hydrogen-bond acceptors (Lipinski definition) is 5. The van der Waals surface area contributed by atoms with Crippen molar-refractivity contribution in [2.75, 3.05) is 26.8 Å². The number of oxime groups is 1. The van der Waals surface area contributed by atoms with Gasteiger partial charge in [-0.15, -0.1) is 0 Å². The minimum absolute atomic E-state index is 0.0492. The van der Waals surface area contributed by atoms with E-state index in [9.17, 15) is 4.79 Å². The lowest BCUT2D eigenvalue weighted by molar-refractivity contribution is -0.145. The molecule has 4 aliphatic carbocycles. The summed E-state index contributed by atoms with van der Waals surface area (Å²) in [6.45, 7) is 7.64. The van der Waals surface area contributed by atoms with Crippen LogP contribution < -0.4 is 5.32 Å². The molecular weight excluding hydrogens is 376 g/mol. The molecule has 1 unspecified atom stereocenters. The van der Waals surface area contributed by atoms with Crippen molar-refractivity contribution in [3.63, 3.8) is 0 Å². The Morgan fingerprint density at radius 1 is 1.10 bits per heavy atom. The monoisotopic (exact) mass is 416 g/mol. The molecule has 0 spiro atoms. The summed E-state index contributed by atoms with van der Waals surface area (Å²) in [6, 6.07) is 0. The van der Waals surface area contributed by atoms with Crippen molar-refractivity contribution in [1.29, 1.82) is 0 Å². The topological polar surface area (TPSA) is 59.9 Å². The first-order chi connectivity index (χ1) is 14.5. The van der Waals surface area contributed by atoms with Gasteiger partial charge in [0.1, 0.15) is 11.9 Å². The normalized spacial score (nSPS) is 49.6. The molecule has 5 nitrogen and oxygen atoms in total. The lowest BCUT2D eigenvalue weighted by atomic mass is 9.43. The van der Waals surface area contributed by atoms with E-state index in [0.717, 1.165) is 64.1 Å². The van der Waals surface area contributed by atoms with Crippen molar-refractivity contribution in [2.24, 2.45) is 45.6 Å². The molecule has 168 valence electrons. The molecule has 0 amide bonds. The fourth-order valence-corrected chi connectivity index (χ4v) is 8.42. The van der Waals surface area contributed by atoms with Crippen molar-refractivity contribution in [3.05, 3.63) is 0 Å². The molecule has 1 N–H and O–H groups in total. The van der Waals surface area contributed by atoms with Crippen LogP contribution in [0.4, 0.5) is 0 Å². The van der Waals surface area contributed by atoms with Crippen LogP contribution in [0.3, 0.4) is 0 Å². The molecule has 0 aromatic carbocycles. The van der Waals surface area contributed by atoms with E-state index in [1.54, 1.807) is 0 Å². The van der Waals surface area contributed by atoms with Gasteiger partial charge >= 0.3 is 0 Å². The molecule has 1 heterocycles. The summed E-state index contributed by atoms with van der Waals surface area (Å²) in [5.41, 5.74) is 1.56. The van der Waals surface area contributed by atoms with E-state index in [-0.39, 0.29) is 11.5 Å². The van der Waals surface area contributed by atoms with Crippen LogP contribution in [-0.2, 0) is 14.4 Å². The zero-order chi connectivity index (χ0) is 20.9. The van der Waals surface area contributed by atoms with E-state index in [1.165, 1.54) is 25.0 Å². The van der Waals surface area contributed by atoms with Gasteiger partial charge in [-0.2, -0.15) is 0 Å². The number of ketones is 1. The van der Waals surface area contributed by atoms with Crippen molar-refractivity contribution < 1.29 is 14.4 Å². The van der Waals surface area contributed by atoms with Gasteiger partial charge in [0, 0.05) is 38.5 Å². The Balaban J connectivity index is 1.38. The van der Waals surface area contributed by atoms with Crippen molar-refractivity contribution in [1.82, 2.24) is 5.32 Å². The molecule has 0 aromatic heterocycles. The van der Waals surface area contributed by atoms with Gasteiger partial charge in [0.15, 0.2) is 0 Å². The molecule has 5 heteroatoms. The number of nitrogens with zero attached hydrogens (tertiary/aromatic N) is 1. The van der Waals surface area contributed by atoms with Crippen molar-refractivity contribution in [2.45, 2.75) is 77.7 Å². The summed E-state index contributed by atoms with van der Waals surface area (Å²) < 4.78 is 5.74. The zero-order valence-electron chi connectivity index (χ0n) is 19.1. The maximum absolute atomic E-state index is 12.7. The summed E-state index contributed by atoms with van der Waals surface area (Å²) >= 11 is 0. The van der Waals surface area contributed by atoms with E-state index in [4.69, 9.17) is 9.57 Å². The summed E-state index contributed by atoms with van der Waals surface area (Å²) in [7, 11) is 1.85. The SMILES string of the molecule is COC[C@H]1C[C@@H]2[C@H](CC[C@]3(C)C(=O)CC[C@@H]23)[C@@]2(C)CCC(=NO[C@@H]3CCNC3)CC12. The maximum atomic E-state index is 12.7. The van der Waals surface area contributed by atoms with Crippen LogP contribution in [0.1, 0.15) is 71.6 Å². The van der Waals surface area contributed by atoms with Gasteiger partial charge in [0.2, 0.25) is 0 Å². The third kappa shape index (κ3) is 3.26. The molecule has 5 aliphatic rings. The quantitative estimate of drug-likeness (QED) is 0.698. The number of ether oxygens (including phenoxy) is 1. The van der Waals surface area contributed by atoms with Crippen molar-refractivity contribution >= 4 is 11.5 Å². The Labute approximate surface area is 181 Å². The smallest absolute Gasteiger partial charge is 0.141 e. The van der Waals surface area contributed by atoms with Gasteiger partial charge < -0.3 is 14.9 Å². The highest BCUT2D eigenvalue weighted by Crippen LogP contribution is 2.66. The Hall–Kier alpha value is -0.940. The Morgan fingerprint density at radius 3 is 2.73 bits per heavy atom. The minimum Gasteiger partial charge on any atom is -0.391 e. The third-order valence-electron chi connectivity index (χ3n) is 10.1. The lowest BCUT2D eigenvalue weighted by Crippen LogP contribution is -2.57. The maximum Gasteiger partial charge on any atom is 0.141 e. The largest absolute Gasteiger partial charge is 0.391 e. The van der Waals surface area contributed by atoms with Gasteiger partial charge in [-0.3, -0.25) is 4.79 Å². The second-order valence-electron chi connectivity index (χ2n) is 11.4. The first-order valence-corrected chi connectivity index (χ1v) is 12.4. The van der Waals surface area contributed by atoms with Crippen LogP contribution in [0, 0.1) is 40.4 Å². The van der Waals surface area contributed by atoms with Gasteiger partial charge in [-0.05, 0) is 86.5 Å². The summed E-state index contributed by atoms with van der Waals surface area (Å²) in [5, 5.41) is 8.01. The van der Waals surface area contributed by atoms with E-state index < -0.39 is 0 Å². The average Bonchev–Trinajstić information content (AvgIpc) is 3.35. The standard InChI is InChI=1S/C25H40N2O3/c1-24-9-6-17(27-30-18-8-11-26-14-18)13-22(24)16(15-29-3)12-19-20-4-5-23(28)25(20,2)10-7-21(19)24/h16,18-22,26H,4-15H2,1-3H3/t16-,18-,19+,20+,21+,22?,24-,25+/m1/s1. The minimum atomic E-state index is -0.0492. The highest BCUT2D eigenvalue weighted by molar-refractivity contribution is 5.87. The Kier molecular flexibility index (Phi) is 5.50. The second-order valence-corrected chi connectivity index (χ2v) is 11.4. The first-order valence-electron chi connectivity index (χ1n) is 12.4. The van der Waals surface area contributed by atoms with Crippen LogP contribution in [0.25, 0.3) is 0 Å². The molecule has 0 radical (unpaired) electrons. The average molecular weight is 417 g/mol. The van der Waals surface area contributed by atoms with E-state index in [2.05, 4.69) is 24.3 Å². The molecule has 1 saturated heterocycles. The summed E-state index contributed by atoms with van der Waals surface area (Å²) in [6.07, 6.45) is 10.1. The van der Waals surface area contributed by atoms with Gasteiger partial charge in [0.05, 0.1) is 5.71 Å². The first kappa shape index (κ1) is 20.9. The molecule has 0 bridgehead atoms. The highest BCUT2D eigenvalue weighted by atomic mass is 16.6. The molecular formula is C25H40N2O3. The van der Waals surface area contributed by atoms with Crippen molar-refractivity contribution in [3.8, 4) is 0 Å². The van der Waals surface area contributed by atoms with Gasteiger partial charge in [-0.1, -0.05) is 19.0 Å². The fraction of sp³-hybridized carbons (Fsp3) is 0.920.